The number of nitrogens with zero attached hydrogens (tertiary/aromatic N) is 1. The topological polar surface area (TPSA) is 63.1 Å². The molecule has 1 aromatic carbocycles. The van der Waals surface area contributed by atoms with Crippen LogP contribution in [0.4, 0.5) is 0 Å². The highest BCUT2D eigenvalue weighted by atomic mass is 16.2. The summed E-state index contributed by atoms with van der Waals surface area (Å²) in [4.78, 5) is 24.4. The summed E-state index contributed by atoms with van der Waals surface area (Å²) >= 11 is 0. The molecular weight excluding hydrogens is 302 g/mol. The number of carbonyl (C=O) groups is 2. The Kier molecular flexibility index (Phi) is 5.79. The van der Waals surface area contributed by atoms with E-state index in [1.807, 2.05) is 68.7 Å². The molecule has 0 saturated heterocycles. The van der Waals surface area contributed by atoms with E-state index >= 15 is 0 Å². The van der Waals surface area contributed by atoms with E-state index in [0.717, 1.165) is 29.9 Å². The van der Waals surface area contributed by atoms with Gasteiger partial charge in [0.05, 0.1) is 5.56 Å². The van der Waals surface area contributed by atoms with Gasteiger partial charge < -0.3 is 4.57 Å². The minimum atomic E-state index is -0.301. The maximum atomic E-state index is 12.4. The van der Waals surface area contributed by atoms with Crippen molar-refractivity contribution in [1.82, 2.24) is 15.4 Å². The zero-order valence-corrected chi connectivity index (χ0v) is 14.7. The summed E-state index contributed by atoms with van der Waals surface area (Å²) in [5, 5.41) is 0. The lowest BCUT2D eigenvalue weighted by atomic mass is 10.0. The number of rotatable bonds is 5. The van der Waals surface area contributed by atoms with Crippen molar-refractivity contribution < 1.29 is 9.59 Å². The second-order valence-corrected chi connectivity index (χ2v) is 5.91. The average Bonchev–Trinajstić information content (AvgIpc) is 2.89. The van der Waals surface area contributed by atoms with Crippen LogP contribution in [0.2, 0.25) is 0 Å². The van der Waals surface area contributed by atoms with Crippen LogP contribution in [0.3, 0.4) is 0 Å². The van der Waals surface area contributed by atoms with Crippen molar-refractivity contribution in [2.24, 2.45) is 5.92 Å². The van der Waals surface area contributed by atoms with Gasteiger partial charge in [-0.25, -0.2) is 0 Å². The normalized spacial score (nSPS) is 10.7. The fraction of sp³-hybridized carbons (Fsp3) is 0.368. The van der Waals surface area contributed by atoms with E-state index in [1.54, 1.807) is 0 Å². The zero-order chi connectivity index (χ0) is 17.7. The molecule has 2 rings (SSSR count). The molecule has 128 valence electrons. The van der Waals surface area contributed by atoms with Gasteiger partial charge in [-0.1, -0.05) is 32.0 Å². The Labute approximate surface area is 143 Å². The van der Waals surface area contributed by atoms with Crippen molar-refractivity contribution >= 4 is 11.8 Å². The Hall–Kier alpha value is -2.56. The number of nitrogens with one attached hydrogen (secondary N) is 2. The largest absolute Gasteiger partial charge is 0.318 e. The Balaban J connectivity index is 2.16. The van der Waals surface area contributed by atoms with Crippen molar-refractivity contribution in [2.75, 3.05) is 0 Å². The molecular formula is C19H25N3O2. The maximum Gasteiger partial charge on any atom is 0.271 e. The third kappa shape index (κ3) is 3.67. The van der Waals surface area contributed by atoms with Crippen LogP contribution >= 0.6 is 0 Å². The maximum absolute atomic E-state index is 12.4. The van der Waals surface area contributed by atoms with Gasteiger partial charge in [0.1, 0.15) is 0 Å². The number of aryl methyl sites for hydroxylation is 1. The van der Waals surface area contributed by atoms with Gasteiger partial charge in [0.15, 0.2) is 0 Å². The van der Waals surface area contributed by atoms with Gasteiger partial charge in [-0.3, -0.25) is 20.4 Å². The molecule has 0 fully saturated rings. The van der Waals surface area contributed by atoms with Crippen molar-refractivity contribution in [1.29, 1.82) is 0 Å². The lowest BCUT2D eigenvalue weighted by Crippen LogP contribution is -2.44. The van der Waals surface area contributed by atoms with Crippen molar-refractivity contribution in [3.63, 3.8) is 0 Å². The van der Waals surface area contributed by atoms with Crippen LogP contribution in [-0.2, 0) is 4.79 Å². The number of amides is 2. The van der Waals surface area contributed by atoms with Gasteiger partial charge in [-0.2, -0.15) is 0 Å². The van der Waals surface area contributed by atoms with Crippen molar-refractivity contribution in [2.45, 2.75) is 40.5 Å². The summed E-state index contributed by atoms with van der Waals surface area (Å²) < 4.78 is 2.03. The zero-order valence-electron chi connectivity index (χ0n) is 14.7. The third-order valence-electron chi connectivity index (χ3n) is 4.35. The second kappa shape index (κ2) is 7.81. The minimum Gasteiger partial charge on any atom is -0.318 e. The fourth-order valence-corrected chi connectivity index (χ4v) is 2.91. The molecule has 0 atom stereocenters. The first kappa shape index (κ1) is 17.8. The lowest BCUT2D eigenvalue weighted by Gasteiger charge is -2.13. The summed E-state index contributed by atoms with van der Waals surface area (Å²) in [6, 6.07) is 11.7. The molecule has 0 bridgehead atoms. The molecule has 0 spiro atoms. The number of hydrazine groups is 1. The molecule has 0 aliphatic carbocycles. The average molecular weight is 327 g/mol. The number of benzene rings is 1. The van der Waals surface area contributed by atoms with Crippen LogP contribution in [0.5, 0.6) is 0 Å². The first-order chi connectivity index (χ1) is 11.5. The van der Waals surface area contributed by atoms with Crippen LogP contribution in [0.25, 0.3) is 5.69 Å². The molecule has 1 heterocycles. The summed E-state index contributed by atoms with van der Waals surface area (Å²) in [5.41, 5.74) is 8.43. The molecule has 1 aromatic heterocycles. The monoisotopic (exact) mass is 327 g/mol. The van der Waals surface area contributed by atoms with Crippen LogP contribution in [0.1, 0.15) is 48.4 Å². The van der Waals surface area contributed by atoms with E-state index in [0.29, 0.717) is 5.56 Å². The van der Waals surface area contributed by atoms with Gasteiger partial charge in [-0.15, -0.1) is 0 Å². The molecule has 2 amide bonds. The Morgan fingerprint density at radius 1 is 1.04 bits per heavy atom. The molecule has 0 saturated carbocycles. The molecule has 2 N–H and O–H groups in total. The molecule has 2 aromatic rings. The smallest absolute Gasteiger partial charge is 0.271 e. The first-order valence-electron chi connectivity index (χ1n) is 8.34. The van der Waals surface area contributed by atoms with Gasteiger partial charge in [-0.05, 0) is 44.9 Å². The first-order valence-corrected chi connectivity index (χ1v) is 8.34. The molecule has 0 aliphatic rings. The summed E-state index contributed by atoms with van der Waals surface area (Å²) in [7, 11) is 0. The standard InChI is InChI=1S/C19H25N3O2/c1-5-15(6-2)18(23)20-21-19(24)17-12-13(3)22(14(17)4)16-10-8-7-9-11-16/h7-12,15H,5-6H2,1-4H3,(H,20,23)(H,21,24). The Morgan fingerprint density at radius 2 is 1.67 bits per heavy atom. The van der Waals surface area contributed by atoms with E-state index in [9.17, 15) is 9.59 Å². The number of carbonyl (C=O) groups excluding carboxylic acids is 2. The van der Waals surface area contributed by atoms with Gasteiger partial charge in [0.2, 0.25) is 5.91 Å². The quantitative estimate of drug-likeness (QED) is 0.828. The van der Waals surface area contributed by atoms with Crippen LogP contribution in [-0.4, -0.2) is 16.4 Å². The molecule has 5 nitrogen and oxygen atoms in total. The molecule has 0 unspecified atom stereocenters. The van der Waals surface area contributed by atoms with E-state index in [1.165, 1.54) is 0 Å². The second-order valence-electron chi connectivity index (χ2n) is 5.91. The fourth-order valence-electron chi connectivity index (χ4n) is 2.91. The predicted octanol–water partition coefficient (Wildman–Crippen LogP) is 3.29. The Bertz CT molecular complexity index is 716. The van der Waals surface area contributed by atoms with Crippen molar-refractivity contribution in [3.8, 4) is 5.69 Å². The predicted molar refractivity (Wildman–Crippen MR) is 94.9 cm³/mol. The highest BCUT2D eigenvalue weighted by molar-refractivity contribution is 5.97. The van der Waals surface area contributed by atoms with Crippen molar-refractivity contribution in [3.05, 3.63) is 53.3 Å². The SMILES string of the molecule is CCC(CC)C(=O)NNC(=O)c1cc(C)n(-c2ccccc2)c1C. The van der Waals surface area contributed by atoms with Crippen LogP contribution in [0.15, 0.2) is 36.4 Å². The van der Waals surface area contributed by atoms with Gasteiger partial charge in [0.25, 0.3) is 5.91 Å². The Morgan fingerprint density at radius 3 is 2.25 bits per heavy atom. The number of aromatic nitrogens is 1. The minimum absolute atomic E-state index is 0.0814. The summed E-state index contributed by atoms with van der Waals surface area (Å²) in [6.07, 6.45) is 1.50. The highest BCUT2D eigenvalue weighted by Crippen LogP contribution is 2.20. The van der Waals surface area contributed by atoms with E-state index in [-0.39, 0.29) is 17.7 Å². The third-order valence-corrected chi connectivity index (χ3v) is 4.35. The van der Waals surface area contributed by atoms with Crippen LogP contribution in [0, 0.1) is 19.8 Å². The summed E-state index contributed by atoms with van der Waals surface area (Å²) in [6.45, 7) is 7.78. The number of hydrogen-bond acceptors (Lipinski definition) is 2. The number of para-hydroxylation sites is 1. The summed E-state index contributed by atoms with van der Waals surface area (Å²) in [5.74, 6) is -0.531. The molecule has 5 heteroatoms. The van der Waals surface area contributed by atoms with E-state index in [4.69, 9.17) is 0 Å². The lowest BCUT2D eigenvalue weighted by molar-refractivity contribution is -0.125. The molecule has 0 radical (unpaired) electrons. The highest BCUT2D eigenvalue weighted by Gasteiger charge is 2.19. The molecule has 24 heavy (non-hydrogen) atoms. The van der Waals surface area contributed by atoms with E-state index < -0.39 is 0 Å². The van der Waals surface area contributed by atoms with E-state index in [2.05, 4.69) is 10.9 Å². The molecule has 0 aliphatic heterocycles. The van der Waals surface area contributed by atoms with Crippen LogP contribution < -0.4 is 10.9 Å². The van der Waals surface area contributed by atoms with Gasteiger partial charge >= 0.3 is 0 Å². The van der Waals surface area contributed by atoms with Gasteiger partial charge in [0, 0.05) is 23.0 Å². The number of hydrogen-bond donors (Lipinski definition) is 2.